The highest BCUT2D eigenvalue weighted by molar-refractivity contribution is 9.10. The molecule has 0 fully saturated rings. The van der Waals surface area contributed by atoms with Gasteiger partial charge in [-0.05, 0) is 53.0 Å². The predicted molar refractivity (Wildman–Crippen MR) is 77.3 cm³/mol. The molecule has 1 N–H and O–H groups in total. The van der Waals surface area contributed by atoms with Crippen LogP contribution in [0.2, 0.25) is 0 Å². The monoisotopic (exact) mass is 325 g/mol. The zero-order valence-corrected chi connectivity index (χ0v) is 12.2. The highest BCUT2D eigenvalue weighted by atomic mass is 79.9. The summed E-state index contributed by atoms with van der Waals surface area (Å²) in [4.78, 5) is 4.00. The average Bonchev–Trinajstić information content (AvgIpc) is 2.91. The van der Waals surface area contributed by atoms with Crippen LogP contribution in [-0.2, 0) is 13.1 Å². The third-order valence-corrected chi connectivity index (χ3v) is 3.54. The van der Waals surface area contributed by atoms with Crippen LogP contribution >= 0.6 is 15.9 Å². The van der Waals surface area contributed by atoms with E-state index in [1.807, 2.05) is 18.6 Å². The van der Waals surface area contributed by atoms with Gasteiger partial charge in [-0.2, -0.15) is 0 Å². The average molecular weight is 326 g/mol. The zero-order valence-electron chi connectivity index (χ0n) is 10.6. The lowest BCUT2D eigenvalue weighted by Gasteiger charge is -2.06. The highest BCUT2D eigenvalue weighted by Gasteiger charge is 2.00. The van der Waals surface area contributed by atoms with Gasteiger partial charge in [-0.15, -0.1) is 0 Å². The summed E-state index contributed by atoms with van der Waals surface area (Å²) in [5.74, 6) is -0.209. The molecule has 5 heteroatoms. The van der Waals surface area contributed by atoms with Crippen molar-refractivity contribution in [3.05, 3.63) is 52.8 Å². The molecule has 1 heterocycles. The van der Waals surface area contributed by atoms with Gasteiger partial charge in [0.1, 0.15) is 5.82 Å². The van der Waals surface area contributed by atoms with Crippen LogP contribution in [0.25, 0.3) is 0 Å². The maximum atomic E-state index is 13.3. The van der Waals surface area contributed by atoms with E-state index in [1.54, 1.807) is 18.3 Å². The molecule has 2 rings (SSSR count). The number of nitrogens with one attached hydrogen (secondary N) is 1. The van der Waals surface area contributed by atoms with E-state index in [0.29, 0.717) is 11.0 Å². The smallest absolute Gasteiger partial charge is 0.137 e. The van der Waals surface area contributed by atoms with Crippen LogP contribution in [0.3, 0.4) is 0 Å². The predicted octanol–water partition coefficient (Wildman–Crippen LogP) is 3.35. The van der Waals surface area contributed by atoms with Crippen molar-refractivity contribution in [2.45, 2.75) is 25.9 Å². The fourth-order valence-corrected chi connectivity index (χ4v) is 2.09. The molecule has 0 saturated heterocycles. The van der Waals surface area contributed by atoms with E-state index in [9.17, 15) is 4.39 Å². The van der Waals surface area contributed by atoms with E-state index in [1.165, 1.54) is 0 Å². The quantitative estimate of drug-likeness (QED) is 0.791. The molecule has 0 saturated carbocycles. The number of hydrogen-bond donors (Lipinski definition) is 1. The van der Waals surface area contributed by atoms with Gasteiger partial charge in [-0.3, -0.25) is 0 Å². The van der Waals surface area contributed by atoms with Crippen LogP contribution in [0.5, 0.6) is 0 Å². The maximum absolute atomic E-state index is 13.3. The van der Waals surface area contributed by atoms with E-state index in [2.05, 4.69) is 30.8 Å². The normalized spacial score (nSPS) is 10.8. The first-order valence-electron chi connectivity index (χ1n) is 6.36. The standard InChI is InChI=1S/C14H17BrFN3/c15-13-4-3-12(9-14(13)16)10-17-5-1-2-7-19-8-6-18-11-19/h3-4,6,8-9,11,17H,1-2,5,7,10H2. The van der Waals surface area contributed by atoms with Crippen molar-refractivity contribution < 1.29 is 4.39 Å². The van der Waals surface area contributed by atoms with E-state index in [4.69, 9.17) is 0 Å². The summed E-state index contributed by atoms with van der Waals surface area (Å²) in [5.41, 5.74) is 0.968. The molecule has 0 atom stereocenters. The topological polar surface area (TPSA) is 29.9 Å². The third kappa shape index (κ3) is 4.76. The van der Waals surface area contributed by atoms with Crippen molar-refractivity contribution >= 4 is 15.9 Å². The van der Waals surface area contributed by atoms with Crippen molar-refractivity contribution in [2.24, 2.45) is 0 Å². The Hall–Kier alpha value is -1.20. The maximum Gasteiger partial charge on any atom is 0.137 e. The van der Waals surface area contributed by atoms with Crippen molar-refractivity contribution in [2.75, 3.05) is 6.54 Å². The number of hydrogen-bond acceptors (Lipinski definition) is 2. The number of aryl methyl sites for hydroxylation is 1. The Labute approximate surface area is 121 Å². The second kappa shape index (κ2) is 7.40. The second-order valence-electron chi connectivity index (χ2n) is 4.43. The Morgan fingerprint density at radius 1 is 1.32 bits per heavy atom. The third-order valence-electron chi connectivity index (χ3n) is 2.89. The minimum atomic E-state index is -0.209. The van der Waals surface area contributed by atoms with E-state index >= 15 is 0 Å². The molecular weight excluding hydrogens is 309 g/mol. The number of rotatable bonds is 7. The van der Waals surface area contributed by atoms with Gasteiger partial charge in [0.2, 0.25) is 0 Å². The molecule has 0 amide bonds. The SMILES string of the molecule is Fc1cc(CNCCCCn2ccnc2)ccc1Br. The lowest BCUT2D eigenvalue weighted by molar-refractivity contribution is 0.566. The lowest BCUT2D eigenvalue weighted by Crippen LogP contribution is -2.15. The first-order chi connectivity index (χ1) is 9.25. The van der Waals surface area contributed by atoms with Crippen LogP contribution < -0.4 is 5.32 Å². The molecule has 2 aromatic rings. The Bertz CT molecular complexity index is 499. The summed E-state index contributed by atoms with van der Waals surface area (Å²) in [6.45, 7) is 2.64. The number of nitrogens with zero attached hydrogens (tertiary/aromatic N) is 2. The molecule has 0 aliphatic heterocycles. The Morgan fingerprint density at radius 3 is 2.95 bits per heavy atom. The molecule has 19 heavy (non-hydrogen) atoms. The highest BCUT2D eigenvalue weighted by Crippen LogP contribution is 2.16. The summed E-state index contributed by atoms with van der Waals surface area (Å²) < 4.78 is 15.9. The molecule has 0 aliphatic rings. The summed E-state index contributed by atoms with van der Waals surface area (Å²) in [5, 5.41) is 3.32. The molecule has 3 nitrogen and oxygen atoms in total. The number of halogens is 2. The van der Waals surface area contributed by atoms with Crippen molar-refractivity contribution in [1.29, 1.82) is 0 Å². The van der Waals surface area contributed by atoms with Crippen molar-refractivity contribution in [1.82, 2.24) is 14.9 Å². The molecular formula is C14H17BrFN3. The largest absolute Gasteiger partial charge is 0.337 e. The molecule has 1 aromatic heterocycles. The van der Waals surface area contributed by atoms with E-state index in [-0.39, 0.29) is 5.82 Å². The molecule has 1 aromatic carbocycles. The lowest BCUT2D eigenvalue weighted by atomic mass is 10.2. The van der Waals surface area contributed by atoms with Crippen molar-refractivity contribution in [3.63, 3.8) is 0 Å². The zero-order chi connectivity index (χ0) is 13.5. The fraction of sp³-hybridized carbons (Fsp3) is 0.357. The van der Waals surface area contributed by atoms with Crippen LogP contribution in [0.15, 0.2) is 41.4 Å². The first kappa shape index (κ1) is 14.2. The summed E-state index contributed by atoms with van der Waals surface area (Å²) in [6, 6.07) is 5.22. The van der Waals surface area contributed by atoms with Gasteiger partial charge in [0.25, 0.3) is 0 Å². The summed E-state index contributed by atoms with van der Waals surface area (Å²) >= 11 is 3.15. The second-order valence-corrected chi connectivity index (χ2v) is 5.29. The van der Waals surface area contributed by atoms with E-state index in [0.717, 1.165) is 31.5 Å². The van der Waals surface area contributed by atoms with Gasteiger partial charge in [-0.1, -0.05) is 6.07 Å². The summed E-state index contributed by atoms with van der Waals surface area (Å²) in [7, 11) is 0. The van der Waals surface area contributed by atoms with Gasteiger partial charge >= 0.3 is 0 Å². The Balaban J connectivity index is 1.60. The van der Waals surface area contributed by atoms with Crippen LogP contribution in [0.4, 0.5) is 4.39 Å². The van der Waals surface area contributed by atoms with Gasteiger partial charge in [-0.25, -0.2) is 9.37 Å². The van der Waals surface area contributed by atoms with E-state index < -0.39 is 0 Å². The Kier molecular flexibility index (Phi) is 5.54. The number of imidazole rings is 1. The first-order valence-corrected chi connectivity index (χ1v) is 7.15. The van der Waals surface area contributed by atoms with Gasteiger partial charge in [0, 0.05) is 25.5 Å². The summed E-state index contributed by atoms with van der Waals surface area (Å²) in [6.07, 6.45) is 7.80. The molecule has 0 aliphatic carbocycles. The van der Waals surface area contributed by atoms with Gasteiger partial charge in [0.05, 0.1) is 10.8 Å². The van der Waals surface area contributed by atoms with Gasteiger partial charge in [0.15, 0.2) is 0 Å². The molecule has 102 valence electrons. The molecule has 0 radical (unpaired) electrons. The number of aromatic nitrogens is 2. The van der Waals surface area contributed by atoms with Crippen LogP contribution in [-0.4, -0.2) is 16.1 Å². The number of benzene rings is 1. The molecule has 0 spiro atoms. The number of unbranched alkanes of at least 4 members (excludes halogenated alkanes) is 1. The minimum absolute atomic E-state index is 0.209. The molecule has 0 bridgehead atoms. The Morgan fingerprint density at radius 2 is 2.21 bits per heavy atom. The van der Waals surface area contributed by atoms with Crippen molar-refractivity contribution in [3.8, 4) is 0 Å². The molecule has 0 unspecified atom stereocenters. The van der Waals surface area contributed by atoms with Crippen LogP contribution in [0, 0.1) is 5.82 Å². The van der Waals surface area contributed by atoms with Gasteiger partial charge < -0.3 is 9.88 Å². The van der Waals surface area contributed by atoms with Crippen LogP contribution in [0.1, 0.15) is 18.4 Å². The minimum Gasteiger partial charge on any atom is -0.337 e. The fourth-order valence-electron chi connectivity index (χ4n) is 1.85.